The van der Waals surface area contributed by atoms with E-state index in [0.29, 0.717) is 6.42 Å². The van der Waals surface area contributed by atoms with E-state index in [-0.39, 0.29) is 43.4 Å². The first-order valence-corrected chi connectivity index (χ1v) is 12.4. The number of benzene rings is 2. The Kier molecular flexibility index (Phi) is 9.33. The van der Waals surface area contributed by atoms with E-state index < -0.39 is 27.7 Å². The molecule has 10 heteroatoms. The van der Waals surface area contributed by atoms with Gasteiger partial charge in [0.15, 0.2) is 11.6 Å². The molecule has 2 aromatic carbocycles. The summed E-state index contributed by atoms with van der Waals surface area (Å²) >= 11 is 0. The molecular formula is C23H29F2N3O4S. The molecule has 0 saturated heterocycles. The van der Waals surface area contributed by atoms with Crippen LogP contribution in [0.1, 0.15) is 31.7 Å². The quantitative estimate of drug-likeness (QED) is 0.535. The Morgan fingerprint density at radius 1 is 1.06 bits per heavy atom. The number of halogens is 2. The number of hydrogen-bond acceptors (Lipinski definition) is 4. The van der Waals surface area contributed by atoms with Crippen LogP contribution in [0.5, 0.6) is 0 Å². The van der Waals surface area contributed by atoms with Gasteiger partial charge in [-0.3, -0.25) is 13.9 Å². The topological polar surface area (TPSA) is 86.8 Å². The SMILES string of the molecule is CC[C@@H](C(=O)NC)N(Cc1ccccc1)C(=O)CCCN(c1ccc(F)c(F)c1)S(C)(=O)=O. The number of rotatable bonds is 11. The monoisotopic (exact) mass is 481 g/mol. The first-order chi connectivity index (χ1) is 15.6. The van der Waals surface area contributed by atoms with Gasteiger partial charge in [-0.15, -0.1) is 0 Å². The molecule has 0 radical (unpaired) electrons. The van der Waals surface area contributed by atoms with Crippen molar-refractivity contribution >= 4 is 27.5 Å². The zero-order chi connectivity index (χ0) is 24.6. The molecule has 0 heterocycles. The fraction of sp³-hybridized carbons (Fsp3) is 0.391. The Bertz CT molecular complexity index is 1060. The van der Waals surface area contributed by atoms with Crippen molar-refractivity contribution in [3.8, 4) is 0 Å². The van der Waals surface area contributed by atoms with Gasteiger partial charge in [0.2, 0.25) is 21.8 Å². The van der Waals surface area contributed by atoms with Crippen LogP contribution in [0.4, 0.5) is 14.5 Å². The predicted molar refractivity (Wildman–Crippen MR) is 123 cm³/mol. The standard InChI is InChI=1S/C23H29F2N3O4S/c1-4-21(23(30)26-2)27(16-17-9-6-5-7-10-17)22(29)11-8-14-28(33(3,31)32)18-12-13-19(24)20(25)15-18/h5-7,9-10,12-13,15,21H,4,8,11,14,16H2,1-3H3,(H,26,30)/t21-/m0/s1. The molecule has 2 aromatic rings. The van der Waals surface area contributed by atoms with E-state index in [0.717, 1.165) is 28.3 Å². The number of sulfonamides is 1. The number of nitrogens with zero attached hydrogens (tertiary/aromatic N) is 2. The normalized spacial score (nSPS) is 12.2. The van der Waals surface area contributed by atoms with Crippen molar-refractivity contribution in [2.45, 2.75) is 38.8 Å². The Hall–Kier alpha value is -3.01. The maximum atomic E-state index is 13.6. The van der Waals surface area contributed by atoms with Crippen LogP contribution in [0.25, 0.3) is 0 Å². The van der Waals surface area contributed by atoms with Crippen LogP contribution in [0.15, 0.2) is 48.5 Å². The number of amides is 2. The highest BCUT2D eigenvalue weighted by Crippen LogP contribution is 2.22. The van der Waals surface area contributed by atoms with Gasteiger partial charge in [-0.2, -0.15) is 0 Å². The fourth-order valence-electron chi connectivity index (χ4n) is 3.51. The number of nitrogens with one attached hydrogen (secondary N) is 1. The first-order valence-electron chi connectivity index (χ1n) is 10.6. The third kappa shape index (κ3) is 7.24. The molecule has 0 unspecified atom stereocenters. The van der Waals surface area contributed by atoms with Crippen LogP contribution < -0.4 is 9.62 Å². The summed E-state index contributed by atoms with van der Waals surface area (Å²) in [4.78, 5) is 27.0. The predicted octanol–water partition coefficient (Wildman–Crippen LogP) is 3.06. The summed E-state index contributed by atoms with van der Waals surface area (Å²) in [6, 6.07) is 11.4. The number of carbonyl (C=O) groups excluding carboxylic acids is 2. The molecule has 0 aliphatic heterocycles. The summed E-state index contributed by atoms with van der Waals surface area (Å²) < 4.78 is 52.3. The number of likely N-dealkylation sites (N-methyl/N-ethyl adjacent to an activating group) is 1. The molecule has 2 amide bonds. The molecular weight excluding hydrogens is 452 g/mol. The summed E-state index contributed by atoms with van der Waals surface area (Å²) in [5.74, 6) is -2.85. The van der Waals surface area contributed by atoms with Gasteiger partial charge in [-0.1, -0.05) is 37.3 Å². The zero-order valence-corrected chi connectivity index (χ0v) is 19.7. The van der Waals surface area contributed by atoms with E-state index in [9.17, 15) is 26.8 Å². The highest BCUT2D eigenvalue weighted by molar-refractivity contribution is 7.92. The summed E-state index contributed by atoms with van der Waals surface area (Å²) in [6.07, 6.45) is 1.45. The second-order valence-corrected chi connectivity index (χ2v) is 9.49. The zero-order valence-electron chi connectivity index (χ0n) is 18.9. The van der Waals surface area contributed by atoms with E-state index in [4.69, 9.17) is 0 Å². The van der Waals surface area contributed by atoms with Crippen molar-refractivity contribution in [3.05, 3.63) is 65.7 Å². The molecule has 0 bridgehead atoms. The summed E-state index contributed by atoms with van der Waals surface area (Å²) in [5, 5.41) is 2.58. The van der Waals surface area contributed by atoms with Crippen LogP contribution in [-0.4, -0.2) is 51.0 Å². The van der Waals surface area contributed by atoms with Crippen molar-refractivity contribution in [2.75, 3.05) is 24.2 Å². The third-order valence-corrected chi connectivity index (χ3v) is 6.37. The molecule has 0 aliphatic carbocycles. The highest BCUT2D eigenvalue weighted by Gasteiger charge is 2.28. The minimum Gasteiger partial charge on any atom is -0.357 e. The average molecular weight is 482 g/mol. The highest BCUT2D eigenvalue weighted by atomic mass is 32.2. The molecule has 1 atom stereocenters. The van der Waals surface area contributed by atoms with Gasteiger partial charge in [0, 0.05) is 32.6 Å². The molecule has 33 heavy (non-hydrogen) atoms. The lowest BCUT2D eigenvalue weighted by Crippen LogP contribution is -2.48. The Labute approximate surface area is 193 Å². The number of hydrogen-bond donors (Lipinski definition) is 1. The Morgan fingerprint density at radius 2 is 1.73 bits per heavy atom. The summed E-state index contributed by atoms with van der Waals surface area (Å²) in [5.41, 5.74) is 0.828. The van der Waals surface area contributed by atoms with E-state index in [1.165, 1.54) is 18.0 Å². The third-order valence-electron chi connectivity index (χ3n) is 5.17. The molecule has 180 valence electrons. The lowest BCUT2D eigenvalue weighted by atomic mass is 10.1. The number of anilines is 1. The Balaban J connectivity index is 2.18. The minimum absolute atomic E-state index is 0.0261. The van der Waals surface area contributed by atoms with E-state index >= 15 is 0 Å². The van der Waals surface area contributed by atoms with Gasteiger partial charge in [-0.05, 0) is 30.5 Å². The van der Waals surface area contributed by atoms with Gasteiger partial charge in [0.05, 0.1) is 11.9 Å². The van der Waals surface area contributed by atoms with Crippen molar-refractivity contribution in [2.24, 2.45) is 0 Å². The average Bonchev–Trinajstić information content (AvgIpc) is 2.78. The van der Waals surface area contributed by atoms with Crippen molar-refractivity contribution < 1.29 is 26.8 Å². The van der Waals surface area contributed by atoms with Gasteiger partial charge < -0.3 is 10.2 Å². The molecule has 1 N–H and O–H groups in total. The fourth-order valence-corrected chi connectivity index (χ4v) is 4.47. The van der Waals surface area contributed by atoms with Crippen molar-refractivity contribution in [3.63, 3.8) is 0 Å². The van der Waals surface area contributed by atoms with E-state index in [1.807, 2.05) is 30.3 Å². The molecule has 0 aromatic heterocycles. The van der Waals surface area contributed by atoms with Crippen molar-refractivity contribution in [1.82, 2.24) is 10.2 Å². The second kappa shape index (κ2) is 11.7. The first kappa shape index (κ1) is 26.2. The minimum atomic E-state index is -3.80. The van der Waals surface area contributed by atoms with Crippen LogP contribution >= 0.6 is 0 Å². The number of carbonyl (C=O) groups is 2. The molecule has 2 rings (SSSR count). The Morgan fingerprint density at radius 3 is 2.27 bits per heavy atom. The van der Waals surface area contributed by atoms with Gasteiger partial charge in [0.25, 0.3) is 0 Å². The smallest absolute Gasteiger partial charge is 0.242 e. The second-order valence-electron chi connectivity index (χ2n) is 7.58. The van der Waals surface area contributed by atoms with Gasteiger partial charge in [0.1, 0.15) is 6.04 Å². The molecule has 0 saturated carbocycles. The summed E-state index contributed by atoms with van der Waals surface area (Å²) in [6.45, 7) is 1.93. The molecule has 7 nitrogen and oxygen atoms in total. The summed E-state index contributed by atoms with van der Waals surface area (Å²) in [7, 11) is -2.30. The molecule has 0 spiro atoms. The van der Waals surface area contributed by atoms with Gasteiger partial charge in [-0.25, -0.2) is 17.2 Å². The maximum absolute atomic E-state index is 13.6. The maximum Gasteiger partial charge on any atom is 0.242 e. The van der Waals surface area contributed by atoms with Crippen molar-refractivity contribution in [1.29, 1.82) is 0 Å². The lowest BCUT2D eigenvalue weighted by molar-refractivity contribution is -0.141. The largest absolute Gasteiger partial charge is 0.357 e. The van der Waals surface area contributed by atoms with Crippen LogP contribution in [-0.2, 0) is 26.2 Å². The molecule has 0 fully saturated rings. The van der Waals surface area contributed by atoms with Gasteiger partial charge >= 0.3 is 0 Å². The van der Waals surface area contributed by atoms with Crippen LogP contribution in [0.2, 0.25) is 0 Å². The van der Waals surface area contributed by atoms with E-state index in [1.54, 1.807) is 6.92 Å². The van der Waals surface area contributed by atoms with Crippen LogP contribution in [0.3, 0.4) is 0 Å². The van der Waals surface area contributed by atoms with Crippen LogP contribution in [0, 0.1) is 11.6 Å². The van der Waals surface area contributed by atoms with E-state index in [2.05, 4.69) is 5.32 Å². The lowest BCUT2D eigenvalue weighted by Gasteiger charge is -2.30. The molecule has 0 aliphatic rings.